The Morgan fingerprint density at radius 2 is 1.91 bits per heavy atom. The molecule has 1 aliphatic heterocycles. The smallest absolute Gasteiger partial charge is 0.147 e. The minimum Gasteiger partial charge on any atom is -0.472 e. The molecule has 8 heteroatoms. The lowest BCUT2D eigenvalue weighted by molar-refractivity contribution is 0.514. The molecule has 1 saturated heterocycles. The molecule has 0 atom stereocenters. The maximum atomic E-state index is 5.93. The lowest BCUT2D eigenvalue weighted by atomic mass is 10.0. The lowest BCUT2D eigenvalue weighted by Gasteiger charge is -2.37. The van der Waals surface area contributed by atoms with Crippen LogP contribution in [0.15, 0.2) is 77.9 Å². The van der Waals surface area contributed by atoms with Gasteiger partial charge >= 0.3 is 0 Å². The van der Waals surface area contributed by atoms with Gasteiger partial charge in [-0.3, -0.25) is 10.1 Å². The Bertz CT molecular complexity index is 1640. The van der Waals surface area contributed by atoms with Crippen LogP contribution in [0.1, 0.15) is 0 Å². The first kappa shape index (κ1) is 19.1. The molecule has 6 aromatic rings. The Labute approximate surface area is 194 Å². The van der Waals surface area contributed by atoms with Crippen molar-refractivity contribution in [1.29, 1.82) is 0 Å². The van der Waals surface area contributed by atoms with E-state index in [0.29, 0.717) is 0 Å². The highest BCUT2D eigenvalue weighted by atomic mass is 16.3. The molecule has 0 amide bonds. The van der Waals surface area contributed by atoms with Crippen LogP contribution >= 0.6 is 0 Å². The number of aromatic nitrogens is 5. The van der Waals surface area contributed by atoms with Gasteiger partial charge in [-0.2, -0.15) is 5.10 Å². The number of aromatic amines is 2. The Hall–Kier alpha value is -4.43. The van der Waals surface area contributed by atoms with Crippen LogP contribution in [0.3, 0.4) is 0 Å². The average Bonchev–Trinajstić information content (AvgIpc) is 3.60. The lowest BCUT2D eigenvalue weighted by Crippen LogP contribution is -2.56. The number of H-pyrrole nitrogens is 2. The summed E-state index contributed by atoms with van der Waals surface area (Å²) >= 11 is 0. The standard InChI is InChI=1S/C26H21N7O/c27-17-12-33(13-17)25-11-28-10-24(30-25)15-4-5-22-20(8-15)26(32-31-22)23-9-19-18(16-6-7-34-14-16)2-1-3-21(19)29-23/h1-11,14,17,29H,12-13,27H2,(H,31,32). The number of nitrogens with zero attached hydrogens (tertiary/aromatic N) is 4. The molecule has 2 aromatic carbocycles. The maximum Gasteiger partial charge on any atom is 0.147 e. The third-order valence-electron chi connectivity index (χ3n) is 6.47. The summed E-state index contributed by atoms with van der Waals surface area (Å²) in [5.41, 5.74) is 13.7. The number of furan rings is 1. The molecule has 1 fully saturated rings. The van der Waals surface area contributed by atoms with Crippen LogP contribution in [0.2, 0.25) is 0 Å². The van der Waals surface area contributed by atoms with Gasteiger partial charge in [-0.05, 0) is 35.9 Å². The van der Waals surface area contributed by atoms with E-state index >= 15 is 0 Å². The zero-order chi connectivity index (χ0) is 22.6. The molecule has 0 spiro atoms. The molecule has 0 aliphatic carbocycles. The van der Waals surface area contributed by atoms with Gasteiger partial charge < -0.3 is 20.0 Å². The van der Waals surface area contributed by atoms with Gasteiger partial charge in [0.15, 0.2) is 0 Å². The molecular formula is C26H21N7O. The van der Waals surface area contributed by atoms with Crippen LogP contribution in [0, 0.1) is 0 Å². The number of benzene rings is 2. The SMILES string of the molecule is NC1CN(c2cncc(-c3ccc4[nH]nc(-c5cc6c(-c7ccoc7)cccc6[nH]5)c4c3)n2)C1. The zero-order valence-corrected chi connectivity index (χ0v) is 18.2. The summed E-state index contributed by atoms with van der Waals surface area (Å²) in [5, 5.41) is 9.94. The molecule has 4 aromatic heterocycles. The number of hydrogen-bond donors (Lipinski definition) is 3. The first-order valence-corrected chi connectivity index (χ1v) is 11.2. The van der Waals surface area contributed by atoms with Gasteiger partial charge in [0.25, 0.3) is 0 Å². The number of anilines is 1. The van der Waals surface area contributed by atoms with Crippen molar-refractivity contribution < 1.29 is 4.42 Å². The van der Waals surface area contributed by atoms with Crippen LogP contribution in [-0.2, 0) is 0 Å². The number of rotatable bonds is 4. The van der Waals surface area contributed by atoms with Crippen LogP contribution in [-0.4, -0.2) is 44.3 Å². The van der Waals surface area contributed by atoms with Crippen LogP contribution in [0.5, 0.6) is 0 Å². The van der Waals surface area contributed by atoms with Gasteiger partial charge in [0.05, 0.1) is 41.8 Å². The number of fused-ring (bicyclic) bond motifs is 2. The van der Waals surface area contributed by atoms with E-state index < -0.39 is 0 Å². The molecule has 0 bridgehead atoms. The second-order valence-electron chi connectivity index (χ2n) is 8.72. The third-order valence-corrected chi connectivity index (χ3v) is 6.47. The largest absolute Gasteiger partial charge is 0.472 e. The summed E-state index contributed by atoms with van der Waals surface area (Å²) < 4.78 is 5.30. The number of nitrogens with two attached hydrogens (primary N) is 1. The molecule has 1 aliphatic rings. The topological polar surface area (TPSA) is 113 Å². The van der Waals surface area contributed by atoms with Crippen molar-refractivity contribution in [1.82, 2.24) is 25.1 Å². The molecule has 0 unspecified atom stereocenters. The quantitative estimate of drug-likeness (QED) is 0.365. The molecule has 7 rings (SSSR count). The second-order valence-corrected chi connectivity index (χ2v) is 8.72. The molecule has 5 heterocycles. The molecule has 0 radical (unpaired) electrons. The normalized spacial score (nSPS) is 14.2. The number of hydrogen-bond acceptors (Lipinski definition) is 6. The first-order valence-electron chi connectivity index (χ1n) is 11.2. The average molecular weight is 448 g/mol. The molecule has 4 N–H and O–H groups in total. The van der Waals surface area contributed by atoms with Crippen molar-refractivity contribution in [3.8, 4) is 33.8 Å². The second kappa shape index (κ2) is 7.29. The summed E-state index contributed by atoms with van der Waals surface area (Å²) in [7, 11) is 0. The van der Waals surface area contributed by atoms with E-state index in [2.05, 4.69) is 49.3 Å². The summed E-state index contributed by atoms with van der Waals surface area (Å²) in [6.07, 6.45) is 7.04. The van der Waals surface area contributed by atoms with Crippen LogP contribution < -0.4 is 10.6 Å². The summed E-state index contributed by atoms with van der Waals surface area (Å²) in [6.45, 7) is 1.62. The minimum atomic E-state index is 0.209. The molecule has 34 heavy (non-hydrogen) atoms. The Balaban J connectivity index is 1.31. The van der Waals surface area contributed by atoms with E-state index in [4.69, 9.17) is 15.1 Å². The van der Waals surface area contributed by atoms with Crippen molar-refractivity contribution in [2.75, 3.05) is 18.0 Å². The Morgan fingerprint density at radius 1 is 0.971 bits per heavy atom. The van der Waals surface area contributed by atoms with Gasteiger partial charge in [0.2, 0.25) is 0 Å². The van der Waals surface area contributed by atoms with Gasteiger partial charge in [-0.1, -0.05) is 18.2 Å². The van der Waals surface area contributed by atoms with Crippen molar-refractivity contribution in [3.63, 3.8) is 0 Å². The summed E-state index contributed by atoms with van der Waals surface area (Å²) in [4.78, 5) is 14.9. The predicted molar refractivity (Wildman–Crippen MR) is 132 cm³/mol. The highest BCUT2D eigenvalue weighted by Crippen LogP contribution is 2.35. The van der Waals surface area contributed by atoms with Crippen LogP contribution in [0.4, 0.5) is 5.82 Å². The predicted octanol–water partition coefficient (Wildman–Crippen LogP) is 4.58. The van der Waals surface area contributed by atoms with E-state index in [9.17, 15) is 0 Å². The fourth-order valence-corrected chi connectivity index (χ4v) is 4.68. The molecule has 8 nitrogen and oxygen atoms in total. The fraction of sp³-hybridized carbons (Fsp3) is 0.115. The van der Waals surface area contributed by atoms with Crippen molar-refractivity contribution in [3.05, 3.63) is 73.5 Å². The zero-order valence-electron chi connectivity index (χ0n) is 18.2. The molecular weight excluding hydrogens is 426 g/mol. The fourth-order valence-electron chi connectivity index (χ4n) is 4.68. The van der Waals surface area contributed by atoms with E-state index in [-0.39, 0.29) is 6.04 Å². The van der Waals surface area contributed by atoms with Gasteiger partial charge in [0.1, 0.15) is 11.5 Å². The first-order chi connectivity index (χ1) is 16.7. The van der Waals surface area contributed by atoms with E-state index in [1.807, 2.05) is 24.3 Å². The minimum absolute atomic E-state index is 0.209. The monoisotopic (exact) mass is 447 g/mol. The van der Waals surface area contributed by atoms with Crippen molar-refractivity contribution >= 4 is 27.6 Å². The Kier molecular flexibility index (Phi) is 4.09. The van der Waals surface area contributed by atoms with E-state index in [0.717, 1.165) is 74.5 Å². The third kappa shape index (κ3) is 3.00. The van der Waals surface area contributed by atoms with Crippen molar-refractivity contribution in [2.24, 2.45) is 5.73 Å². The van der Waals surface area contributed by atoms with Crippen molar-refractivity contribution in [2.45, 2.75) is 6.04 Å². The molecule has 166 valence electrons. The molecule has 0 saturated carbocycles. The van der Waals surface area contributed by atoms with Gasteiger partial charge in [-0.25, -0.2) is 4.98 Å². The number of nitrogens with one attached hydrogen (secondary N) is 2. The summed E-state index contributed by atoms with van der Waals surface area (Å²) in [5.74, 6) is 0.856. The maximum absolute atomic E-state index is 5.93. The summed E-state index contributed by atoms with van der Waals surface area (Å²) in [6, 6.07) is 16.7. The van der Waals surface area contributed by atoms with Crippen LogP contribution in [0.25, 0.3) is 55.6 Å². The van der Waals surface area contributed by atoms with E-state index in [1.165, 1.54) is 0 Å². The van der Waals surface area contributed by atoms with Gasteiger partial charge in [0, 0.05) is 46.5 Å². The highest BCUT2D eigenvalue weighted by Gasteiger charge is 2.24. The Morgan fingerprint density at radius 3 is 2.76 bits per heavy atom. The van der Waals surface area contributed by atoms with Gasteiger partial charge in [-0.15, -0.1) is 0 Å². The highest BCUT2D eigenvalue weighted by molar-refractivity contribution is 6.01. The van der Waals surface area contributed by atoms with E-state index in [1.54, 1.807) is 24.9 Å².